The Hall–Kier alpha value is -0.570. The number of aliphatic hydroxyl groups excluding tert-OH is 1. The highest BCUT2D eigenvalue weighted by atomic mass is 16.4. The highest BCUT2D eigenvalue weighted by molar-refractivity contribution is 5.67. The second kappa shape index (κ2) is 8.72. The molecule has 0 spiro atoms. The highest BCUT2D eigenvalue weighted by Crippen LogP contribution is 2.15. The van der Waals surface area contributed by atoms with Crippen molar-refractivity contribution in [1.29, 1.82) is 0 Å². The molecule has 3 heteroatoms. The van der Waals surface area contributed by atoms with Crippen molar-refractivity contribution in [3.63, 3.8) is 0 Å². The molecule has 2 atom stereocenters. The zero-order valence-electron chi connectivity index (χ0n) is 9.91. The summed E-state index contributed by atoms with van der Waals surface area (Å²) in [5, 5.41) is 17.7. The normalized spacial score (nSPS) is 14.9. The van der Waals surface area contributed by atoms with Crippen LogP contribution in [0.4, 0.5) is 0 Å². The Morgan fingerprint density at radius 1 is 1.20 bits per heavy atom. The lowest BCUT2D eigenvalue weighted by molar-refractivity contribution is -0.139. The van der Waals surface area contributed by atoms with E-state index in [2.05, 4.69) is 13.8 Å². The molecule has 2 unspecified atom stereocenters. The number of rotatable bonds is 9. The number of unbranched alkanes of at least 4 members (excludes halogenated alkanes) is 1. The molecule has 0 amide bonds. The number of hydrogen-bond donors (Lipinski definition) is 2. The van der Waals surface area contributed by atoms with Crippen molar-refractivity contribution < 1.29 is 15.0 Å². The first-order valence-electron chi connectivity index (χ1n) is 5.96. The van der Waals surface area contributed by atoms with Gasteiger partial charge in [0.25, 0.3) is 0 Å². The summed E-state index contributed by atoms with van der Waals surface area (Å²) in [6.07, 6.45) is 5.54. The van der Waals surface area contributed by atoms with E-state index in [0.717, 1.165) is 18.8 Å². The van der Waals surface area contributed by atoms with Gasteiger partial charge in [0.2, 0.25) is 0 Å². The SMILES string of the molecule is CCCC(C)CCCCC(O)CC(=O)O. The van der Waals surface area contributed by atoms with Crippen molar-refractivity contribution in [3.8, 4) is 0 Å². The molecule has 0 heterocycles. The van der Waals surface area contributed by atoms with Gasteiger partial charge in [-0.3, -0.25) is 4.79 Å². The average Bonchev–Trinajstić information content (AvgIpc) is 2.12. The topological polar surface area (TPSA) is 57.5 Å². The number of carboxylic acid groups (broad SMARTS) is 1. The quantitative estimate of drug-likeness (QED) is 0.583. The number of carboxylic acids is 1. The number of aliphatic hydroxyl groups is 1. The Balaban J connectivity index is 3.33. The van der Waals surface area contributed by atoms with Gasteiger partial charge < -0.3 is 10.2 Å². The summed E-state index contributed by atoms with van der Waals surface area (Å²) >= 11 is 0. The van der Waals surface area contributed by atoms with Gasteiger partial charge in [-0.05, 0) is 12.3 Å². The average molecular weight is 216 g/mol. The molecule has 0 fully saturated rings. The zero-order valence-corrected chi connectivity index (χ0v) is 9.91. The fraction of sp³-hybridized carbons (Fsp3) is 0.917. The largest absolute Gasteiger partial charge is 0.481 e. The lowest BCUT2D eigenvalue weighted by atomic mass is 9.97. The molecular weight excluding hydrogens is 192 g/mol. The Morgan fingerprint density at radius 3 is 2.33 bits per heavy atom. The Kier molecular flexibility index (Phi) is 8.38. The van der Waals surface area contributed by atoms with E-state index in [4.69, 9.17) is 5.11 Å². The molecule has 0 aromatic rings. The van der Waals surface area contributed by atoms with Gasteiger partial charge >= 0.3 is 5.97 Å². The Morgan fingerprint density at radius 2 is 1.80 bits per heavy atom. The van der Waals surface area contributed by atoms with Gasteiger partial charge in [-0.1, -0.05) is 46.0 Å². The molecule has 90 valence electrons. The molecule has 0 aliphatic carbocycles. The smallest absolute Gasteiger partial charge is 0.305 e. The van der Waals surface area contributed by atoms with Crippen LogP contribution in [0.5, 0.6) is 0 Å². The van der Waals surface area contributed by atoms with Crippen LogP contribution in [0.3, 0.4) is 0 Å². The van der Waals surface area contributed by atoms with Crippen molar-refractivity contribution >= 4 is 5.97 Å². The lowest BCUT2D eigenvalue weighted by Gasteiger charge is -2.11. The minimum Gasteiger partial charge on any atom is -0.481 e. The second-order valence-corrected chi connectivity index (χ2v) is 4.43. The minimum atomic E-state index is -0.915. The molecule has 0 aliphatic heterocycles. The maximum Gasteiger partial charge on any atom is 0.305 e. The molecular formula is C12H24O3. The third kappa shape index (κ3) is 9.73. The molecule has 0 aromatic carbocycles. The van der Waals surface area contributed by atoms with Crippen LogP contribution in [0.1, 0.15) is 58.8 Å². The van der Waals surface area contributed by atoms with Crippen molar-refractivity contribution in [2.45, 2.75) is 64.9 Å². The summed E-state index contributed by atoms with van der Waals surface area (Å²) in [7, 11) is 0. The van der Waals surface area contributed by atoms with Crippen LogP contribution in [0.2, 0.25) is 0 Å². The van der Waals surface area contributed by atoms with Crippen LogP contribution >= 0.6 is 0 Å². The van der Waals surface area contributed by atoms with Crippen molar-refractivity contribution in [1.82, 2.24) is 0 Å². The van der Waals surface area contributed by atoms with E-state index in [1.165, 1.54) is 19.3 Å². The van der Waals surface area contributed by atoms with Gasteiger partial charge in [0.15, 0.2) is 0 Å². The van der Waals surface area contributed by atoms with Crippen LogP contribution in [-0.2, 0) is 4.79 Å². The molecule has 2 N–H and O–H groups in total. The molecule has 0 radical (unpaired) electrons. The Labute approximate surface area is 92.5 Å². The minimum absolute atomic E-state index is 0.121. The van der Waals surface area contributed by atoms with Gasteiger partial charge in [0, 0.05) is 0 Å². The van der Waals surface area contributed by atoms with Crippen LogP contribution in [0.15, 0.2) is 0 Å². The van der Waals surface area contributed by atoms with Gasteiger partial charge in [0.05, 0.1) is 12.5 Å². The summed E-state index contributed by atoms with van der Waals surface area (Å²) in [6, 6.07) is 0. The maximum atomic E-state index is 10.3. The summed E-state index contributed by atoms with van der Waals surface area (Å²) in [5.74, 6) is -0.159. The standard InChI is InChI=1S/C12H24O3/c1-3-6-10(2)7-4-5-8-11(13)9-12(14)15/h10-11,13H,3-9H2,1-2H3,(H,14,15). The predicted octanol–water partition coefficient (Wildman–Crippen LogP) is 2.82. The molecule has 3 nitrogen and oxygen atoms in total. The third-order valence-electron chi connectivity index (χ3n) is 2.68. The fourth-order valence-electron chi connectivity index (χ4n) is 1.81. The van der Waals surface area contributed by atoms with E-state index >= 15 is 0 Å². The fourth-order valence-corrected chi connectivity index (χ4v) is 1.81. The highest BCUT2D eigenvalue weighted by Gasteiger charge is 2.09. The van der Waals surface area contributed by atoms with E-state index in [-0.39, 0.29) is 6.42 Å². The number of aliphatic carboxylic acids is 1. The van der Waals surface area contributed by atoms with Crippen LogP contribution in [-0.4, -0.2) is 22.3 Å². The number of hydrogen-bond acceptors (Lipinski definition) is 2. The first kappa shape index (κ1) is 14.4. The maximum absolute atomic E-state index is 10.3. The number of carbonyl (C=O) groups is 1. The molecule has 0 aromatic heterocycles. The van der Waals surface area contributed by atoms with Gasteiger partial charge in [0.1, 0.15) is 0 Å². The van der Waals surface area contributed by atoms with Crippen LogP contribution in [0, 0.1) is 5.92 Å². The second-order valence-electron chi connectivity index (χ2n) is 4.43. The van der Waals surface area contributed by atoms with Crippen LogP contribution < -0.4 is 0 Å². The first-order chi connectivity index (χ1) is 7.06. The van der Waals surface area contributed by atoms with Gasteiger partial charge in [-0.2, -0.15) is 0 Å². The Bertz CT molecular complexity index is 168. The molecule has 0 rings (SSSR count). The van der Waals surface area contributed by atoms with E-state index in [1.54, 1.807) is 0 Å². The summed E-state index contributed by atoms with van der Waals surface area (Å²) in [4.78, 5) is 10.3. The molecule has 0 saturated heterocycles. The molecule has 0 bridgehead atoms. The third-order valence-corrected chi connectivity index (χ3v) is 2.68. The van der Waals surface area contributed by atoms with E-state index < -0.39 is 12.1 Å². The molecule has 0 aliphatic rings. The van der Waals surface area contributed by atoms with Gasteiger partial charge in [-0.15, -0.1) is 0 Å². The first-order valence-corrected chi connectivity index (χ1v) is 5.96. The molecule has 15 heavy (non-hydrogen) atoms. The van der Waals surface area contributed by atoms with E-state index in [1.807, 2.05) is 0 Å². The zero-order chi connectivity index (χ0) is 11.7. The monoisotopic (exact) mass is 216 g/mol. The van der Waals surface area contributed by atoms with E-state index in [0.29, 0.717) is 6.42 Å². The van der Waals surface area contributed by atoms with Crippen molar-refractivity contribution in [2.24, 2.45) is 5.92 Å². The lowest BCUT2D eigenvalue weighted by Crippen LogP contribution is -2.12. The van der Waals surface area contributed by atoms with Crippen molar-refractivity contribution in [2.75, 3.05) is 0 Å². The van der Waals surface area contributed by atoms with E-state index in [9.17, 15) is 9.90 Å². The van der Waals surface area contributed by atoms with Crippen LogP contribution in [0.25, 0.3) is 0 Å². The van der Waals surface area contributed by atoms with Crippen molar-refractivity contribution in [3.05, 3.63) is 0 Å². The summed E-state index contributed by atoms with van der Waals surface area (Å²) in [5.41, 5.74) is 0. The summed E-state index contributed by atoms with van der Waals surface area (Å²) < 4.78 is 0. The predicted molar refractivity (Wildman–Crippen MR) is 60.8 cm³/mol. The molecule has 0 saturated carbocycles. The summed E-state index contributed by atoms with van der Waals surface area (Å²) in [6.45, 7) is 4.43. The van der Waals surface area contributed by atoms with Gasteiger partial charge in [-0.25, -0.2) is 0 Å².